The molecule has 0 atom stereocenters. The van der Waals surface area contributed by atoms with Crippen molar-refractivity contribution in [1.29, 1.82) is 0 Å². The van der Waals surface area contributed by atoms with Crippen molar-refractivity contribution in [2.24, 2.45) is 11.3 Å². The number of nitrogens with one attached hydrogen (secondary N) is 1. The van der Waals surface area contributed by atoms with E-state index < -0.39 is 0 Å². The van der Waals surface area contributed by atoms with Crippen LogP contribution >= 0.6 is 0 Å². The number of H-pyrrole nitrogens is 1. The minimum absolute atomic E-state index is 0.287. The third-order valence-electron chi connectivity index (χ3n) is 2.63. The maximum absolute atomic E-state index is 4.71. The van der Waals surface area contributed by atoms with Crippen LogP contribution < -0.4 is 5.10 Å². The predicted octanol–water partition coefficient (Wildman–Crippen LogP) is 3.07. The maximum atomic E-state index is 4.71. The third-order valence-corrected chi connectivity index (χ3v) is 2.63. The van der Waals surface area contributed by atoms with Crippen molar-refractivity contribution in [3.05, 3.63) is 11.4 Å². The van der Waals surface area contributed by atoms with Crippen molar-refractivity contribution in [2.45, 2.75) is 67.3 Å². The molecule has 0 unspecified atom stereocenters. The molecular weight excluding hydrogens is 210 g/mol. The second-order valence-electron chi connectivity index (χ2n) is 6.91. The molecule has 0 aliphatic rings. The van der Waals surface area contributed by atoms with E-state index in [1.165, 1.54) is 11.4 Å². The molecule has 3 nitrogen and oxygen atoms in total. The lowest BCUT2D eigenvalue weighted by molar-refractivity contribution is -0.510. The van der Waals surface area contributed by atoms with Crippen molar-refractivity contribution in [2.75, 3.05) is 0 Å². The summed E-state index contributed by atoms with van der Waals surface area (Å²) >= 11 is 0. The predicted molar refractivity (Wildman–Crippen MR) is 70.9 cm³/mol. The topological polar surface area (TPSA) is 32.0 Å². The smallest absolute Gasteiger partial charge is 0.171 e. The zero-order valence-corrected chi connectivity index (χ0v) is 12.5. The molecule has 1 aromatic heterocycles. The third kappa shape index (κ3) is 4.49. The largest absolute Gasteiger partial charge is 0.222 e. The molecule has 17 heavy (non-hydrogen) atoms. The highest BCUT2D eigenvalue weighted by atomic mass is 15.5. The summed E-state index contributed by atoms with van der Waals surface area (Å²) in [5, 5.41) is 8.15. The average Bonchev–Trinajstić information content (AvgIpc) is 2.44. The number of hydrogen-bond donors (Lipinski definition) is 0. The van der Waals surface area contributed by atoms with E-state index in [2.05, 4.69) is 53.6 Å². The van der Waals surface area contributed by atoms with Gasteiger partial charge in [0.05, 0.1) is 0 Å². The molecule has 3 heteroatoms. The Morgan fingerprint density at radius 3 is 2.18 bits per heavy atom. The molecule has 0 fully saturated rings. The van der Waals surface area contributed by atoms with E-state index in [4.69, 9.17) is 5.10 Å². The van der Waals surface area contributed by atoms with E-state index in [0.717, 1.165) is 12.8 Å². The summed E-state index contributed by atoms with van der Waals surface area (Å²) in [6, 6.07) is 0.398. The first kappa shape index (κ1) is 14.2. The molecule has 0 aromatic carbocycles. The van der Waals surface area contributed by atoms with Crippen LogP contribution in [0.15, 0.2) is 0 Å². The van der Waals surface area contributed by atoms with Gasteiger partial charge in [0.25, 0.3) is 0 Å². The van der Waals surface area contributed by atoms with Crippen LogP contribution in [-0.2, 0) is 12.8 Å². The van der Waals surface area contributed by atoms with Gasteiger partial charge >= 0.3 is 0 Å². The zero-order chi connectivity index (χ0) is 13.2. The molecular formula is C14H28N3+. The molecule has 98 valence electrons. The van der Waals surface area contributed by atoms with Gasteiger partial charge in [-0.05, 0) is 30.0 Å². The van der Waals surface area contributed by atoms with E-state index in [-0.39, 0.29) is 5.41 Å². The van der Waals surface area contributed by atoms with Gasteiger partial charge in [0.1, 0.15) is 6.04 Å². The van der Waals surface area contributed by atoms with Crippen LogP contribution in [0.2, 0.25) is 0 Å². The van der Waals surface area contributed by atoms with Crippen LogP contribution in [0.4, 0.5) is 0 Å². The summed E-state index contributed by atoms with van der Waals surface area (Å²) in [4.78, 5) is 1.98. The summed E-state index contributed by atoms with van der Waals surface area (Å²) in [6.45, 7) is 15.6. The van der Waals surface area contributed by atoms with Crippen LogP contribution in [-0.4, -0.2) is 9.90 Å². The van der Waals surface area contributed by atoms with Gasteiger partial charge in [0.2, 0.25) is 5.69 Å². The molecule has 0 amide bonds. The highest BCUT2D eigenvalue weighted by Crippen LogP contribution is 2.21. The first-order valence-electron chi connectivity index (χ1n) is 6.68. The van der Waals surface area contributed by atoms with Crippen molar-refractivity contribution in [3.8, 4) is 0 Å². The van der Waals surface area contributed by atoms with Crippen LogP contribution in [0, 0.1) is 11.3 Å². The maximum Gasteiger partial charge on any atom is 0.222 e. The molecule has 1 aromatic rings. The number of hydrogen-bond acceptors (Lipinski definition) is 1. The monoisotopic (exact) mass is 238 g/mol. The van der Waals surface area contributed by atoms with E-state index in [1.54, 1.807) is 0 Å². The molecule has 0 spiro atoms. The lowest BCUT2D eigenvalue weighted by Crippen LogP contribution is -2.24. The van der Waals surface area contributed by atoms with Crippen LogP contribution in [0.1, 0.15) is 65.9 Å². The van der Waals surface area contributed by atoms with Gasteiger partial charge in [-0.25, -0.2) is 0 Å². The minimum Gasteiger partial charge on any atom is -0.171 e. The lowest BCUT2D eigenvalue weighted by Gasteiger charge is -2.14. The molecule has 0 aliphatic carbocycles. The molecule has 0 saturated carbocycles. The second-order valence-corrected chi connectivity index (χ2v) is 6.91. The fourth-order valence-electron chi connectivity index (χ4n) is 1.88. The SMILES string of the molecule is CC(C)Cc1[nH+]n(C(C)C)nc1CC(C)(C)C. The molecule has 0 saturated heterocycles. The summed E-state index contributed by atoms with van der Waals surface area (Å²) in [6.07, 6.45) is 2.11. The number of nitrogens with zero attached hydrogens (tertiary/aromatic N) is 2. The zero-order valence-electron chi connectivity index (χ0n) is 12.5. The Kier molecular flexibility index (Phi) is 4.34. The van der Waals surface area contributed by atoms with Gasteiger partial charge in [-0.3, -0.25) is 0 Å². The van der Waals surface area contributed by atoms with Crippen LogP contribution in [0.3, 0.4) is 0 Å². The van der Waals surface area contributed by atoms with Gasteiger partial charge < -0.3 is 0 Å². The Morgan fingerprint density at radius 2 is 1.76 bits per heavy atom. The van der Waals surface area contributed by atoms with Gasteiger partial charge in [-0.1, -0.05) is 34.6 Å². The van der Waals surface area contributed by atoms with Gasteiger partial charge in [-0.2, -0.15) is 5.10 Å². The first-order valence-corrected chi connectivity index (χ1v) is 6.68. The normalized spacial score (nSPS) is 12.8. The van der Waals surface area contributed by atoms with Gasteiger partial charge in [0, 0.05) is 17.9 Å². The number of aromatic amines is 1. The Balaban J connectivity index is 2.99. The Bertz CT molecular complexity index is 356. The summed E-state index contributed by atoms with van der Waals surface area (Å²) < 4.78 is 0. The molecule has 1 heterocycles. The molecule has 0 bridgehead atoms. The Morgan fingerprint density at radius 1 is 1.18 bits per heavy atom. The second kappa shape index (κ2) is 5.19. The fourth-order valence-corrected chi connectivity index (χ4v) is 1.88. The van der Waals surface area contributed by atoms with Crippen molar-refractivity contribution < 1.29 is 5.10 Å². The molecule has 0 aliphatic heterocycles. The minimum atomic E-state index is 0.287. The van der Waals surface area contributed by atoms with E-state index in [1.807, 2.05) is 4.80 Å². The summed E-state index contributed by atoms with van der Waals surface area (Å²) in [5.74, 6) is 0.662. The molecule has 1 N–H and O–H groups in total. The van der Waals surface area contributed by atoms with Crippen LogP contribution in [0.25, 0.3) is 0 Å². The van der Waals surface area contributed by atoms with Gasteiger partial charge in [-0.15, -0.1) is 0 Å². The van der Waals surface area contributed by atoms with Crippen molar-refractivity contribution in [1.82, 2.24) is 9.90 Å². The highest BCUT2D eigenvalue weighted by molar-refractivity contribution is 5.06. The summed E-state index contributed by atoms with van der Waals surface area (Å²) in [7, 11) is 0. The number of aromatic nitrogens is 3. The standard InChI is InChI=1S/C14H27N3/c1-10(2)8-12-13(9-14(5,6)7)16-17(15-12)11(3)4/h10-11H,8-9H2,1-7H3/p+1. The van der Waals surface area contributed by atoms with E-state index in [0.29, 0.717) is 12.0 Å². The van der Waals surface area contributed by atoms with Gasteiger partial charge in [0.15, 0.2) is 5.69 Å². The summed E-state index contributed by atoms with van der Waals surface area (Å²) in [5.41, 5.74) is 2.83. The highest BCUT2D eigenvalue weighted by Gasteiger charge is 2.25. The van der Waals surface area contributed by atoms with Crippen molar-refractivity contribution in [3.63, 3.8) is 0 Å². The average molecular weight is 238 g/mol. The lowest BCUT2D eigenvalue weighted by atomic mass is 9.89. The van der Waals surface area contributed by atoms with E-state index in [9.17, 15) is 0 Å². The quantitative estimate of drug-likeness (QED) is 0.793. The Hall–Kier alpha value is -0.860. The van der Waals surface area contributed by atoms with Crippen LogP contribution in [0.5, 0.6) is 0 Å². The van der Waals surface area contributed by atoms with E-state index >= 15 is 0 Å². The number of rotatable bonds is 4. The molecule has 1 rings (SSSR count). The Labute approximate surface area is 106 Å². The van der Waals surface area contributed by atoms with Crippen molar-refractivity contribution >= 4 is 0 Å². The fraction of sp³-hybridized carbons (Fsp3) is 0.857. The molecule has 0 radical (unpaired) electrons. The first-order chi connectivity index (χ1) is 7.69.